The molecule has 2 rings (SSSR count). The summed E-state index contributed by atoms with van der Waals surface area (Å²) in [6, 6.07) is -0.219. The lowest BCUT2D eigenvalue weighted by Crippen LogP contribution is -2.44. The van der Waals surface area contributed by atoms with Crippen molar-refractivity contribution in [3.05, 3.63) is 0 Å². The molecule has 2 aliphatic heterocycles. The Balaban J connectivity index is 1.76. The van der Waals surface area contributed by atoms with E-state index in [1.807, 2.05) is 11.9 Å². The molecule has 20 heavy (non-hydrogen) atoms. The van der Waals surface area contributed by atoms with Gasteiger partial charge < -0.3 is 11.1 Å². The summed E-state index contributed by atoms with van der Waals surface area (Å²) in [5, 5.41) is 2.71. The van der Waals surface area contributed by atoms with Gasteiger partial charge in [0, 0.05) is 32.2 Å². The first-order valence-electron chi connectivity index (χ1n) is 7.11. The maximum atomic E-state index is 12.0. The van der Waals surface area contributed by atoms with Crippen molar-refractivity contribution in [2.24, 2.45) is 5.73 Å². The Bertz CT molecular complexity index is 448. The largest absolute Gasteiger partial charge is 0.354 e. The van der Waals surface area contributed by atoms with Crippen LogP contribution in [0, 0.1) is 0 Å². The lowest BCUT2D eigenvalue weighted by Gasteiger charge is -2.19. The molecule has 0 unspecified atom stereocenters. The van der Waals surface area contributed by atoms with Crippen LogP contribution < -0.4 is 11.1 Å². The SMILES string of the molecule is CN1C[C@@H](N)C[C@H]1C(=O)NCCS(=O)(=O)N1CCCC1. The van der Waals surface area contributed by atoms with Crippen molar-refractivity contribution in [1.29, 1.82) is 0 Å². The summed E-state index contributed by atoms with van der Waals surface area (Å²) in [7, 11) is -1.36. The van der Waals surface area contributed by atoms with Gasteiger partial charge in [-0.05, 0) is 26.3 Å². The third-order valence-corrected chi connectivity index (χ3v) is 5.87. The van der Waals surface area contributed by atoms with Crippen molar-refractivity contribution in [2.45, 2.75) is 31.3 Å². The Labute approximate surface area is 120 Å². The lowest BCUT2D eigenvalue weighted by molar-refractivity contribution is -0.124. The molecule has 0 saturated carbocycles. The van der Waals surface area contributed by atoms with Gasteiger partial charge in [-0.2, -0.15) is 0 Å². The summed E-state index contributed by atoms with van der Waals surface area (Å²) in [6.45, 7) is 2.08. The molecule has 2 fully saturated rings. The van der Waals surface area contributed by atoms with Crippen molar-refractivity contribution < 1.29 is 13.2 Å². The second kappa shape index (κ2) is 6.38. The van der Waals surface area contributed by atoms with Gasteiger partial charge in [0.2, 0.25) is 15.9 Å². The fourth-order valence-corrected chi connectivity index (χ4v) is 4.29. The van der Waals surface area contributed by atoms with Crippen LogP contribution in [0.4, 0.5) is 0 Å². The van der Waals surface area contributed by atoms with Gasteiger partial charge in [-0.25, -0.2) is 12.7 Å². The molecular formula is C12H24N4O3S. The number of nitrogens with one attached hydrogen (secondary N) is 1. The topological polar surface area (TPSA) is 95.7 Å². The lowest BCUT2D eigenvalue weighted by atomic mass is 10.1. The molecule has 8 heteroatoms. The van der Waals surface area contributed by atoms with Crippen molar-refractivity contribution in [3.63, 3.8) is 0 Å². The van der Waals surface area contributed by atoms with E-state index < -0.39 is 10.0 Å². The molecule has 2 saturated heterocycles. The molecule has 0 radical (unpaired) electrons. The minimum Gasteiger partial charge on any atom is -0.354 e. The van der Waals surface area contributed by atoms with Gasteiger partial charge in [-0.3, -0.25) is 9.69 Å². The number of nitrogens with zero attached hydrogens (tertiary/aromatic N) is 2. The smallest absolute Gasteiger partial charge is 0.237 e. The average molecular weight is 304 g/mol. The Kier molecular flexibility index (Phi) is 5.00. The molecule has 2 aliphatic rings. The third-order valence-electron chi connectivity index (χ3n) is 4.00. The van der Waals surface area contributed by atoms with Gasteiger partial charge in [-0.1, -0.05) is 0 Å². The molecule has 0 spiro atoms. The maximum absolute atomic E-state index is 12.0. The van der Waals surface area contributed by atoms with Gasteiger partial charge >= 0.3 is 0 Å². The number of hydrogen-bond acceptors (Lipinski definition) is 5. The van der Waals surface area contributed by atoms with E-state index in [1.54, 1.807) is 0 Å². The van der Waals surface area contributed by atoms with Crippen molar-refractivity contribution in [2.75, 3.05) is 39.0 Å². The minimum atomic E-state index is -3.22. The zero-order valence-corrected chi connectivity index (χ0v) is 12.7. The molecular weight excluding hydrogens is 280 g/mol. The summed E-state index contributed by atoms with van der Waals surface area (Å²) < 4.78 is 25.5. The highest BCUT2D eigenvalue weighted by molar-refractivity contribution is 7.89. The number of sulfonamides is 1. The summed E-state index contributed by atoms with van der Waals surface area (Å²) in [5.41, 5.74) is 5.81. The van der Waals surface area contributed by atoms with E-state index in [-0.39, 0.29) is 30.3 Å². The van der Waals surface area contributed by atoms with Crippen LogP contribution in [0.5, 0.6) is 0 Å². The second-order valence-electron chi connectivity index (χ2n) is 5.66. The quantitative estimate of drug-likeness (QED) is 0.648. The van der Waals surface area contributed by atoms with Crippen LogP contribution in [0.3, 0.4) is 0 Å². The van der Waals surface area contributed by atoms with E-state index in [2.05, 4.69) is 5.32 Å². The summed E-state index contributed by atoms with van der Waals surface area (Å²) in [5.74, 6) is -0.154. The monoisotopic (exact) mass is 304 g/mol. The van der Waals surface area contributed by atoms with Crippen LogP contribution in [0.15, 0.2) is 0 Å². The molecule has 7 nitrogen and oxygen atoms in total. The van der Waals surface area contributed by atoms with Crippen LogP contribution in [-0.4, -0.2) is 74.6 Å². The number of rotatable bonds is 5. The van der Waals surface area contributed by atoms with E-state index in [1.165, 1.54) is 4.31 Å². The molecule has 3 N–H and O–H groups in total. The number of carbonyl (C=O) groups is 1. The number of hydrogen-bond donors (Lipinski definition) is 2. The van der Waals surface area contributed by atoms with Crippen LogP contribution in [-0.2, 0) is 14.8 Å². The fourth-order valence-electron chi connectivity index (χ4n) is 2.86. The third kappa shape index (κ3) is 3.69. The zero-order chi connectivity index (χ0) is 14.8. The molecule has 0 aromatic heterocycles. The number of amides is 1. The summed E-state index contributed by atoms with van der Waals surface area (Å²) in [4.78, 5) is 13.9. The second-order valence-corrected chi connectivity index (χ2v) is 7.75. The Morgan fingerprint density at radius 2 is 2.00 bits per heavy atom. The molecule has 0 bridgehead atoms. The molecule has 0 aromatic carbocycles. The number of carbonyl (C=O) groups excluding carboxylic acids is 1. The van der Waals surface area contributed by atoms with E-state index in [0.29, 0.717) is 26.1 Å². The fraction of sp³-hybridized carbons (Fsp3) is 0.917. The van der Waals surface area contributed by atoms with Crippen molar-refractivity contribution in [1.82, 2.24) is 14.5 Å². The number of likely N-dealkylation sites (tertiary alicyclic amines) is 1. The molecule has 0 aliphatic carbocycles. The normalized spacial score (nSPS) is 28.9. The summed E-state index contributed by atoms with van der Waals surface area (Å²) >= 11 is 0. The number of nitrogens with two attached hydrogens (primary N) is 1. The Morgan fingerprint density at radius 1 is 1.35 bits per heavy atom. The average Bonchev–Trinajstić information content (AvgIpc) is 2.98. The minimum absolute atomic E-state index is 0.0177. The molecule has 116 valence electrons. The molecule has 2 atom stereocenters. The highest BCUT2D eigenvalue weighted by atomic mass is 32.2. The van der Waals surface area contributed by atoms with Crippen molar-refractivity contribution in [3.8, 4) is 0 Å². The van der Waals surface area contributed by atoms with Crippen molar-refractivity contribution >= 4 is 15.9 Å². The van der Waals surface area contributed by atoms with Gasteiger partial charge in [-0.15, -0.1) is 0 Å². The zero-order valence-electron chi connectivity index (χ0n) is 11.9. The highest BCUT2D eigenvalue weighted by Crippen LogP contribution is 2.14. The van der Waals surface area contributed by atoms with E-state index in [0.717, 1.165) is 12.8 Å². The molecule has 2 heterocycles. The number of likely N-dealkylation sites (N-methyl/N-ethyl adjacent to an activating group) is 1. The van der Waals surface area contributed by atoms with E-state index in [9.17, 15) is 13.2 Å². The van der Waals surface area contributed by atoms with Crippen LogP contribution in [0.2, 0.25) is 0 Å². The van der Waals surface area contributed by atoms with Crippen LogP contribution in [0.25, 0.3) is 0 Å². The van der Waals surface area contributed by atoms with E-state index in [4.69, 9.17) is 5.73 Å². The standard InChI is InChI=1S/C12H24N4O3S/c1-15-9-10(13)8-11(15)12(17)14-4-7-20(18,19)16-5-2-3-6-16/h10-11H,2-9,13H2,1H3,(H,14,17)/t10-,11-/m0/s1. The Morgan fingerprint density at radius 3 is 2.55 bits per heavy atom. The molecule has 1 amide bonds. The maximum Gasteiger partial charge on any atom is 0.237 e. The first kappa shape index (κ1) is 15.7. The van der Waals surface area contributed by atoms with Gasteiger partial charge in [0.25, 0.3) is 0 Å². The predicted octanol–water partition coefficient (Wildman–Crippen LogP) is -1.44. The highest BCUT2D eigenvalue weighted by Gasteiger charge is 2.32. The predicted molar refractivity (Wildman–Crippen MR) is 76.6 cm³/mol. The van der Waals surface area contributed by atoms with Gasteiger partial charge in [0.05, 0.1) is 11.8 Å². The van der Waals surface area contributed by atoms with E-state index >= 15 is 0 Å². The van der Waals surface area contributed by atoms with Gasteiger partial charge in [0.1, 0.15) is 0 Å². The van der Waals surface area contributed by atoms with Crippen LogP contribution >= 0.6 is 0 Å². The summed E-state index contributed by atoms with van der Waals surface area (Å²) in [6.07, 6.45) is 2.48. The first-order valence-corrected chi connectivity index (χ1v) is 8.72. The first-order chi connectivity index (χ1) is 9.40. The van der Waals surface area contributed by atoms with Gasteiger partial charge in [0.15, 0.2) is 0 Å². The Hall–Kier alpha value is -0.700. The van der Waals surface area contributed by atoms with Crippen LogP contribution in [0.1, 0.15) is 19.3 Å². The molecule has 0 aromatic rings.